The first-order valence-electron chi connectivity index (χ1n) is 14.4. The Morgan fingerprint density at radius 2 is 1.37 bits per heavy atom. The molecule has 12 nitrogen and oxygen atoms in total. The number of hydrogen-bond donors (Lipinski definition) is 2. The van der Waals surface area contributed by atoms with Crippen LogP contribution in [0.4, 0.5) is 14.4 Å². The molecule has 0 aromatic heterocycles. The zero-order valence-electron chi connectivity index (χ0n) is 24.9. The van der Waals surface area contributed by atoms with E-state index >= 15 is 0 Å². The number of nitrogens with one attached hydrogen (secondary N) is 1. The molecule has 0 aliphatic carbocycles. The van der Waals surface area contributed by atoms with Crippen molar-refractivity contribution in [2.24, 2.45) is 0 Å². The van der Waals surface area contributed by atoms with Gasteiger partial charge in [-0.2, -0.15) is 0 Å². The fourth-order valence-corrected chi connectivity index (χ4v) is 3.70. The summed E-state index contributed by atoms with van der Waals surface area (Å²) in [6, 6.07) is 11.6. The van der Waals surface area contributed by atoms with Gasteiger partial charge in [0, 0.05) is 6.54 Å². The van der Waals surface area contributed by atoms with Crippen LogP contribution in [0.15, 0.2) is 48.5 Å². The molecule has 2 N–H and O–H groups in total. The van der Waals surface area contributed by atoms with Crippen LogP contribution in [-0.2, 0) is 25.4 Å². The van der Waals surface area contributed by atoms with E-state index in [4.69, 9.17) is 28.4 Å². The van der Waals surface area contributed by atoms with Crippen molar-refractivity contribution < 1.29 is 52.7 Å². The molecule has 0 aliphatic rings. The van der Waals surface area contributed by atoms with Crippen LogP contribution >= 0.6 is 0 Å². The molecule has 43 heavy (non-hydrogen) atoms. The van der Waals surface area contributed by atoms with Crippen LogP contribution in [0.1, 0.15) is 64.9 Å². The maximum Gasteiger partial charge on any atom is 0.514 e. The van der Waals surface area contributed by atoms with Crippen LogP contribution in [0, 0.1) is 0 Å². The molecular weight excluding hydrogens is 562 g/mol. The molecule has 0 fully saturated rings. The number of rotatable bonds is 18. The normalized spacial score (nSPS) is 12.0. The van der Waals surface area contributed by atoms with Crippen molar-refractivity contribution in [3.8, 4) is 17.2 Å². The van der Waals surface area contributed by atoms with Gasteiger partial charge in [0.2, 0.25) is 0 Å². The summed E-state index contributed by atoms with van der Waals surface area (Å²) in [5.41, 5.74) is 0.453. The standard InChI is InChI=1S/C31H41NO11/c1-4-6-11-17-38-29(35)42-26-16-15-23(20-27(26)43-30(36)39-18-12-7-5-2)19-25(28(33)34)32-21-22(3)40-31(37)41-24-13-9-8-10-14-24/h8-10,13-16,20,22,25,32H,4-7,11-12,17-19,21H2,1-3H3,(H,33,34)/t22?,25-/m0/s1. The van der Waals surface area contributed by atoms with Gasteiger partial charge < -0.3 is 38.8 Å². The Labute approximate surface area is 251 Å². The monoisotopic (exact) mass is 603 g/mol. The van der Waals surface area contributed by atoms with Gasteiger partial charge in [-0.25, -0.2) is 14.4 Å². The van der Waals surface area contributed by atoms with Crippen LogP contribution in [-0.4, -0.2) is 61.4 Å². The molecule has 0 saturated carbocycles. The Balaban J connectivity index is 2.04. The van der Waals surface area contributed by atoms with E-state index in [9.17, 15) is 24.3 Å². The zero-order valence-corrected chi connectivity index (χ0v) is 24.9. The van der Waals surface area contributed by atoms with Gasteiger partial charge >= 0.3 is 24.4 Å². The number of hydrogen-bond acceptors (Lipinski definition) is 11. The van der Waals surface area contributed by atoms with Crippen molar-refractivity contribution in [3.63, 3.8) is 0 Å². The number of unbranched alkanes of at least 4 members (excludes halogenated alkanes) is 4. The summed E-state index contributed by atoms with van der Waals surface area (Å²) >= 11 is 0. The van der Waals surface area contributed by atoms with E-state index in [1.807, 2.05) is 13.8 Å². The van der Waals surface area contributed by atoms with Crippen LogP contribution in [0.25, 0.3) is 0 Å². The number of benzene rings is 2. The topological polar surface area (TPSA) is 156 Å². The van der Waals surface area contributed by atoms with Gasteiger partial charge in [-0.1, -0.05) is 63.8 Å². The Bertz CT molecular complexity index is 1160. The Morgan fingerprint density at radius 3 is 1.95 bits per heavy atom. The number of para-hydroxylation sites is 1. The number of carbonyl (C=O) groups excluding carboxylic acids is 3. The molecule has 2 aromatic rings. The summed E-state index contributed by atoms with van der Waals surface area (Å²) in [6.45, 7) is 5.97. The second kappa shape index (κ2) is 19.7. The summed E-state index contributed by atoms with van der Waals surface area (Å²) in [5, 5.41) is 12.6. The molecule has 0 spiro atoms. The number of carboxylic acids is 1. The van der Waals surface area contributed by atoms with E-state index in [2.05, 4.69) is 5.32 Å². The second-order valence-corrected chi connectivity index (χ2v) is 9.69. The van der Waals surface area contributed by atoms with Crippen molar-refractivity contribution in [2.75, 3.05) is 19.8 Å². The van der Waals surface area contributed by atoms with Crippen molar-refractivity contribution in [1.82, 2.24) is 5.32 Å². The van der Waals surface area contributed by atoms with Gasteiger partial charge in [0.15, 0.2) is 11.5 Å². The van der Waals surface area contributed by atoms with E-state index in [0.29, 0.717) is 24.2 Å². The number of carbonyl (C=O) groups is 4. The van der Waals surface area contributed by atoms with E-state index in [1.165, 1.54) is 18.2 Å². The molecule has 0 heterocycles. The van der Waals surface area contributed by atoms with Crippen molar-refractivity contribution >= 4 is 24.4 Å². The Kier molecular flexibility index (Phi) is 16.0. The fourth-order valence-electron chi connectivity index (χ4n) is 3.70. The maximum absolute atomic E-state index is 12.3. The third kappa shape index (κ3) is 14.4. The minimum absolute atomic E-state index is 0.0133. The molecule has 0 radical (unpaired) electrons. The summed E-state index contributed by atoms with van der Waals surface area (Å²) in [5.74, 6) is -1.06. The number of carboxylic acid groups (broad SMARTS) is 1. The first-order chi connectivity index (χ1) is 20.7. The molecule has 0 saturated heterocycles. The quantitative estimate of drug-likeness (QED) is 0.0851. The predicted octanol–water partition coefficient (Wildman–Crippen LogP) is 6.29. The summed E-state index contributed by atoms with van der Waals surface area (Å²) in [6.07, 6.45) is 1.39. The molecule has 0 aliphatic heterocycles. The lowest BCUT2D eigenvalue weighted by Crippen LogP contribution is -2.42. The van der Waals surface area contributed by atoms with Gasteiger partial charge in [-0.05, 0) is 56.0 Å². The van der Waals surface area contributed by atoms with Crippen molar-refractivity contribution in [2.45, 2.75) is 77.9 Å². The molecule has 1 unspecified atom stereocenters. The molecule has 0 bridgehead atoms. The highest BCUT2D eigenvalue weighted by Crippen LogP contribution is 2.30. The van der Waals surface area contributed by atoms with Gasteiger partial charge in [0.05, 0.1) is 13.2 Å². The van der Waals surface area contributed by atoms with Crippen LogP contribution < -0.4 is 19.5 Å². The highest BCUT2D eigenvalue weighted by Gasteiger charge is 2.22. The average molecular weight is 604 g/mol. The van der Waals surface area contributed by atoms with E-state index in [-0.39, 0.29) is 37.7 Å². The fraction of sp³-hybridized carbons (Fsp3) is 0.484. The summed E-state index contributed by atoms with van der Waals surface area (Å²) in [7, 11) is 0. The average Bonchev–Trinajstić information content (AvgIpc) is 2.97. The largest absolute Gasteiger partial charge is 0.514 e. The molecule has 236 valence electrons. The van der Waals surface area contributed by atoms with E-state index in [0.717, 1.165) is 25.7 Å². The van der Waals surface area contributed by atoms with Gasteiger partial charge in [0.25, 0.3) is 0 Å². The molecule has 2 aromatic carbocycles. The molecule has 2 rings (SSSR count). The highest BCUT2D eigenvalue weighted by molar-refractivity contribution is 5.74. The highest BCUT2D eigenvalue weighted by atomic mass is 16.7. The van der Waals surface area contributed by atoms with E-state index < -0.39 is 36.6 Å². The van der Waals surface area contributed by atoms with Gasteiger partial charge in [-0.15, -0.1) is 0 Å². The smallest absolute Gasteiger partial charge is 0.480 e. The first-order valence-corrected chi connectivity index (χ1v) is 14.4. The lowest BCUT2D eigenvalue weighted by atomic mass is 10.0. The molecular formula is C31H41NO11. The number of aliphatic carboxylic acids is 1. The van der Waals surface area contributed by atoms with Crippen molar-refractivity contribution in [3.05, 3.63) is 54.1 Å². The Hall–Kier alpha value is -4.32. The van der Waals surface area contributed by atoms with E-state index in [1.54, 1.807) is 37.3 Å². The SMILES string of the molecule is CCCCCOC(=O)Oc1ccc(C[C@H](NCC(C)OC(=O)Oc2ccccc2)C(=O)O)cc1OC(=O)OCCCCC. The lowest BCUT2D eigenvalue weighted by molar-refractivity contribution is -0.139. The van der Waals surface area contributed by atoms with Gasteiger partial charge in [-0.3, -0.25) is 4.79 Å². The minimum atomic E-state index is -1.16. The second-order valence-electron chi connectivity index (χ2n) is 9.69. The van der Waals surface area contributed by atoms with Crippen LogP contribution in [0.3, 0.4) is 0 Å². The first kappa shape index (κ1) is 34.9. The third-order valence-corrected chi connectivity index (χ3v) is 5.96. The lowest BCUT2D eigenvalue weighted by Gasteiger charge is -2.19. The number of ether oxygens (including phenoxy) is 6. The molecule has 0 amide bonds. The Morgan fingerprint density at radius 1 is 0.767 bits per heavy atom. The van der Waals surface area contributed by atoms with Crippen LogP contribution in [0.5, 0.6) is 17.2 Å². The molecule has 12 heteroatoms. The minimum Gasteiger partial charge on any atom is -0.480 e. The third-order valence-electron chi connectivity index (χ3n) is 5.96. The van der Waals surface area contributed by atoms with Crippen molar-refractivity contribution in [1.29, 1.82) is 0 Å². The molecule has 2 atom stereocenters. The van der Waals surface area contributed by atoms with Gasteiger partial charge in [0.1, 0.15) is 17.9 Å². The summed E-state index contributed by atoms with van der Waals surface area (Å²) in [4.78, 5) is 48.5. The van der Waals surface area contributed by atoms with Crippen LogP contribution in [0.2, 0.25) is 0 Å². The predicted molar refractivity (Wildman–Crippen MR) is 156 cm³/mol. The zero-order chi connectivity index (χ0) is 31.5. The summed E-state index contributed by atoms with van der Waals surface area (Å²) < 4.78 is 31.0. The maximum atomic E-state index is 12.3.